The summed E-state index contributed by atoms with van der Waals surface area (Å²) in [5.41, 5.74) is 1.26. The van der Waals surface area contributed by atoms with E-state index in [0.29, 0.717) is 5.57 Å². The molecule has 1 aromatic heterocycles. The average molecular weight is 326 g/mol. The van der Waals surface area contributed by atoms with Crippen molar-refractivity contribution in [2.45, 2.75) is 18.5 Å². The number of carboxylic acids is 1. The second-order valence-electron chi connectivity index (χ2n) is 5.01. The number of imidazole rings is 1. The fraction of sp³-hybridized carbons (Fsp3) is 0.308. The molecule has 0 aromatic carbocycles. The number of hydrogen-bond acceptors (Lipinski definition) is 6. The van der Waals surface area contributed by atoms with E-state index in [1.807, 2.05) is 6.20 Å². The molecule has 1 aromatic rings. The van der Waals surface area contributed by atoms with Crippen molar-refractivity contribution in [2.75, 3.05) is 6.54 Å². The van der Waals surface area contributed by atoms with Crippen LogP contribution in [0.2, 0.25) is 0 Å². The first-order valence-corrected chi connectivity index (χ1v) is 7.48. The Morgan fingerprint density at radius 2 is 2.36 bits per heavy atom. The van der Waals surface area contributed by atoms with Crippen LogP contribution in [-0.4, -0.2) is 38.2 Å². The Morgan fingerprint density at radius 1 is 1.55 bits per heavy atom. The second-order valence-corrected chi connectivity index (χ2v) is 5.96. The van der Waals surface area contributed by atoms with E-state index < -0.39 is 5.97 Å². The van der Waals surface area contributed by atoms with Crippen LogP contribution < -0.4 is 40.0 Å². The molecule has 1 fully saturated rings. The van der Waals surface area contributed by atoms with E-state index in [1.54, 1.807) is 6.08 Å². The molecule has 3 aliphatic rings. The maximum absolute atomic E-state index is 12.1. The summed E-state index contributed by atoms with van der Waals surface area (Å²) >= 11 is 1.30. The summed E-state index contributed by atoms with van der Waals surface area (Å²) in [7, 11) is 0. The Bertz CT molecular complexity index is 703. The first kappa shape index (κ1) is 15.8. The zero-order valence-electron chi connectivity index (χ0n) is 11.9. The fourth-order valence-electron chi connectivity index (χ4n) is 2.70. The van der Waals surface area contributed by atoms with Gasteiger partial charge < -0.3 is 19.8 Å². The minimum absolute atomic E-state index is 0. The molecular weight excluding hydrogens is 315 g/mol. The Hall–Kier alpha value is -1.06. The predicted molar refractivity (Wildman–Crippen MR) is 73.2 cm³/mol. The Labute approximate surface area is 152 Å². The molecule has 108 valence electrons. The zero-order valence-corrected chi connectivity index (χ0v) is 14.7. The summed E-state index contributed by atoms with van der Waals surface area (Å²) in [5.74, 6) is -0.658. The molecule has 1 N–H and O–H groups in total. The summed E-state index contributed by atoms with van der Waals surface area (Å²) < 4.78 is 2.07. The fourth-order valence-corrected chi connectivity index (χ4v) is 3.81. The largest absolute Gasteiger partial charge is 1.00 e. The van der Waals surface area contributed by atoms with Crippen molar-refractivity contribution in [1.29, 1.82) is 0 Å². The summed E-state index contributed by atoms with van der Waals surface area (Å²) in [5, 5.41) is 15.3. The van der Waals surface area contributed by atoms with E-state index in [1.165, 1.54) is 22.1 Å². The van der Waals surface area contributed by atoms with E-state index in [4.69, 9.17) is 0 Å². The summed E-state index contributed by atoms with van der Waals surface area (Å²) in [6.07, 6.45) is 3.67. The van der Waals surface area contributed by atoms with Gasteiger partial charge >= 0.3 is 29.6 Å². The second kappa shape index (κ2) is 5.86. The third-order valence-electron chi connectivity index (χ3n) is 3.74. The van der Waals surface area contributed by atoms with Crippen LogP contribution in [0.5, 0.6) is 0 Å². The molecule has 1 atom stereocenters. The minimum atomic E-state index is -1.32. The third kappa shape index (κ3) is 2.35. The number of thioether (sulfide) groups is 1. The molecule has 0 unspecified atom stereocenters. The van der Waals surface area contributed by atoms with Crippen molar-refractivity contribution in [2.24, 2.45) is 0 Å². The molecule has 0 spiro atoms. The predicted octanol–water partition coefficient (Wildman–Crippen LogP) is -4.12. The van der Waals surface area contributed by atoms with E-state index in [2.05, 4.69) is 14.9 Å². The molecule has 1 saturated heterocycles. The number of β-lactam (4-membered cyclic amide) rings is 1. The molecule has 4 heterocycles. The van der Waals surface area contributed by atoms with Crippen molar-refractivity contribution in [3.8, 4) is 0 Å². The van der Waals surface area contributed by atoms with Crippen LogP contribution in [0.4, 0.5) is 0 Å². The summed E-state index contributed by atoms with van der Waals surface area (Å²) in [6, 6.07) is 0. The SMILES string of the molecule is O=C([O-])C1=CS[C@@H]2/C(=C/c3cn4c(n3)CNCC4)C(=O)N12.[Na+]. The number of fused-ring (bicyclic) bond motifs is 2. The van der Waals surface area contributed by atoms with Gasteiger partial charge in [-0.15, -0.1) is 11.8 Å². The molecule has 7 nitrogen and oxygen atoms in total. The van der Waals surface area contributed by atoms with Crippen molar-refractivity contribution in [1.82, 2.24) is 19.8 Å². The van der Waals surface area contributed by atoms with Gasteiger partial charge in [-0.3, -0.25) is 9.69 Å². The van der Waals surface area contributed by atoms with Crippen LogP contribution in [0.15, 0.2) is 22.9 Å². The van der Waals surface area contributed by atoms with Crippen molar-refractivity contribution >= 4 is 29.7 Å². The number of hydrogen-bond donors (Lipinski definition) is 1. The molecule has 4 rings (SSSR count). The van der Waals surface area contributed by atoms with Crippen molar-refractivity contribution in [3.63, 3.8) is 0 Å². The van der Waals surface area contributed by atoms with Gasteiger partial charge in [0.2, 0.25) is 0 Å². The average Bonchev–Trinajstić information content (AvgIpc) is 3.05. The molecule has 0 aliphatic carbocycles. The van der Waals surface area contributed by atoms with Gasteiger partial charge in [0.05, 0.1) is 29.5 Å². The number of nitrogens with one attached hydrogen (secondary N) is 1. The third-order valence-corrected chi connectivity index (χ3v) is 4.82. The number of amides is 1. The van der Waals surface area contributed by atoms with Crippen LogP contribution >= 0.6 is 11.8 Å². The van der Waals surface area contributed by atoms with Crippen LogP contribution in [-0.2, 0) is 22.7 Å². The Kier molecular flexibility index (Phi) is 4.21. The number of aliphatic carboxylic acids is 1. The minimum Gasteiger partial charge on any atom is -0.543 e. The van der Waals surface area contributed by atoms with Crippen molar-refractivity contribution in [3.05, 3.63) is 34.4 Å². The van der Waals surface area contributed by atoms with E-state index in [0.717, 1.165) is 31.2 Å². The van der Waals surface area contributed by atoms with Crippen molar-refractivity contribution < 1.29 is 44.3 Å². The number of aromatic nitrogens is 2. The van der Waals surface area contributed by atoms with Gasteiger partial charge in [-0.2, -0.15) is 0 Å². The first-order chi connectivity index (χ1) is 10.1. The van der Waals surface area contributed by atoms with E-state index in [9.17, 15) is 14.7 Å². The molecule has 0 bridgehead atoms. The van der Waals surface area contributed by atoms with Crippen LogP contribution in [0.3, 0.4) is 0 Å². The molecule has 0 radical (unpaired) electrons. The van der Waals surface area contributed by atoms with E-state index in [-0.39, 0.29) is 46.5 Å². The first-order valence-electron chi connectivity index (χ1n) is 6.54. The molecule has 9 heteroatoms. The topological polar surface area (TPSA) is 90.3 Å². The van der Waals surface area contributed by atoms with Gasteiger partial charge in [-0.25, -0.2) is 4.98 Å². The van der Waals surface area contributed by atoms with Gasteiger partial charge in [0.25, 0.3) is 5.91 Å². The zero-order chi connectivity index (χ0) is 14.6. The van der Waals surface area contributed by atoms with Gasteiger partial charge in [0.1, 0.15) is 11.2 Å². The Morgan fingerprint density at radius 3 is 3.09 bits per heavy atom. The molecule has 0 saturated carbocycles. The Balaban J connectivity index is 0.00000144. The summed E-state index contributed by atoms with van der Waals surface area (Å²) in [4.78, 5) is 28.7. The number of rotatable bonds is 2. The molecular formula is C13H11N4NaO3S. The standard InChI is InChI=1S/C13H12N4O3S.Na/c18-11-8(12-17(11)9(6-21-12)13(19)20)3-7-5-16-2-1-14-4-10(16)15-7;/h3,5-6,12,14H,1-2,4H2,(H,19,20);/q;+1/p-1/b8-3+;/t12-;/m1./s1. The number of nitrogens with zero attached hydrogens (tertiary/aromatic N) is 3. The molecule has 3 aliphatic heterocycles. The van der Waals surface area contributed by atoms with Crippen LogP contribution in [0, 0.1) is 0 Å². The number of carboxylic acid groups (broad SMARTS) is 1. The quantitative estimate of drug-likeness (QED) is 0.337. The maximum Gasteiger partial charge on any atom is 1.00 e. The monoisotopic (exact) mass is 326 g/mol. The normalized spacial score (nSPS) is 24.3. The molecule has 1 amide bonds. The van der Waals surface area contributed by atoms with Gasteiger partial charge in [0.15, 0.2) is 0 Å². The van der Waals surface area contributed by atoms with Crippen LogP contribution in [0.25, 0.3) is 6.08 Å². The van der Waals surface area contributed by atoms with Crippen LogP contribution in [0.1, 0.15) is 11.5 Å². The smallest absolute Gasteiger partial charge is 0.543 e. The van der Waals surface area contributed by atoms with Gasteiger partial charge in [-0.1, -0.05) is 0 Å². The molecule has 22 heavy (non-hydrogen) atoms. The number of carbonyl (C=O) groups is 2. The van der Waals surface area contributed by atoms with Gasteiger partial charge in [-0.05, 0) is 11.5 Å². The van der Waals surface area contributed by atoms with Gasteiger partial charge in [0, 0.05) is 19.3 Å². The maximum atomic E-state index is 12.1. The van der Waals surface area contributed by atoms with E-state index >= 15 is 0 Å². The summed E-state index contributed by atoms with van der Waals surface area (Å²) in [6.45, 7) is 2.49. The number of carbonyl (C=O) groups excluding carboxylic acids is 2.